The Morgan fingerprint density at radius 3 is 2.72 bits per heavy atom. The van der Waals surface area contributed by atoms with Crippen LogP contribution in [0.2, 0.25) is 5.02 Å². The van der Waals surface area contributed by atoms with Crippen molar-refractivity contribution in [1.82, 2.24) is 5.32 Å². The van der Waals surface area contributed by atoms with E-state index in [-0.39, 0.29) is 6.54 Å². The summed E-state index contributed by atoms with van der Waals surface area (Å²) in [4.78, 5) is 25.0. The predicted molar refractivity (Wildman–Crippen MR) is 98.7 cm³/mol. The molecule has 2 aromatic heterocycles. The summed E-state index contributed by atoms with van der Waals surface area (Å²) in [7, 11) is 0. The lowest BCUT2D eigenvalue weighted by Gasteiger charge is -2.09. The lowest BCUT2D eigenvalue weighted by Crippen LogP contribution is -2.35. The molecular formula is C18H15ClN2O3S. The number of benzene rings is 1. The predicted octanol–water partition coefficient (Wildman–Crippen LogP) is 4.22. The molecule has 2 heterocycles. The molecule has 2 N–H and O–H groups in total. The maximum absolute atomic E-state index is 12.0. The highest BCUT2D eigenvalue weighted by atomic mass is 35.5. The van der Waals surface area contributed by atoms with Crippen LogP contribution in [-0.4, -0.2) is 11.8 Å². The second kappa shape index (κ2) is 7.55. The number of carbonyl (C=O) groups is 2. The van der Waals surface area contributed by atoms with Crippen LogP contribution in [0.5, 0.6) is 0 Å². The van der Waals surface area contributed by atoms with Crippen molar-refractivity contribution in [1.29, 1.82) is 0 Å². The van der Waals surface area contributed by atoms with Crippen molar-refractivity contribution < 1.29 is 14.0 Å². The third-order valence-electron chi connectivity index (χ3n) is 3.57. The average molecular weight is 375 g/mol. The second-order valence-electron chi connectivity index (χ2n) is 5.29. The van der Waals surface area contributed by atoms with E-state index in [1.807, 2.05) is 23.6 Å². The van der Waals surface area contributed by atoms with E-state index in [2.05, 4.69) is 10.6 Å². The molecule has 7 heteroatoms. The van der Waals surface area contributed by atoms with Crippen molar-refractivity contribution in [2.75, 3.05) is 5.32 Å². The Kier molecular flexibility index (Phi) is 5.21. The Balaban J connectivity index is 1.57. The van der Waals surface area contributed by atoms with Gasteiger partial charge in [-0.25, -0.2) is 0 Å². The standard InChI is InChI=1S/C18H15ClN2O3S/c1-11-13(19)4-2-5-14(11)21-18(23)17(22)20-10-12-7-8-15(24-12)16-6-3-9-25-16/h2-9H,10H2,1H3,(H,20,22)(H,21,23). The lowest BCUT2D eigenvalue weighted by molar-refractivity contribution is -0.136. The van der Waals surface area contributed by atoms with Crippen LogP contribution in [-0.2, 0) is 16.1 Å². The second-order valence-corrected chi connectivity index (χ2v) is 6.65. The zero-order valence-corrected chi connectivity index (χ0v) is 14.9. The Bertz CT molecular complexity index is 903. The van der Waals surface area contributed by atoms with Crippen molar-refractivity contribution in [2.45, 2.75) is 13.5 Å². The Morgan fingerprint density at radius 2 is 1.96 bits per heavy atom. The molecule has 0 aliphatic heterocycles. The molecule has 0 spiro atoms. The quantitative estimate of drug-likeness (QED) is 0.671. The SMILES string of the molecule is Cc1c(Cl)cccc1NC(=O)C(=O)NCc1ccc(-c2cccs2)o1. The summed E-state index contributed by atoms with van der Waals surface area (Å²) in [5.74, 6) is -0.189. The van der Waals surface area contributed by atoms with Crippen molar-refractivity contribution in [3.8, 4) is 10.6 Å². The van der Waals surface area contributed by atoms with Gasteiger partial charge in [0.1, 0.15) is 11.5 Å². The molecule has 128 valence electrons. The van der Waals surface area contributed by atoms with Gasteiger partial charge in [-0.1, -0.05) is 23.7 Å². The number of furan rings is 1. The summed E-state index contributed by atoms with van der Waals surface area (Å²) in [5, 5.41) is 7.57. The number of hydrogen-bond acceptors (Lipinski definition) is 4. The maximum Gasteiger partial charge on any atom is 0.313 e. The van der Waals surface area contributed by atoms with Gasteiger partial charge in [-0.05, 0) is 48.2 Å². The highest BCUT2D eigenvalue weighted by molar-refractivity contribution is 7.13. The minimum absolute atomic E-state index is 0.131. The van der Waals surface area contributed by atoms with Gasteiger partial charge in [0.2, 0.25) is 0 Å². The molecule has 0 saturated carbocycles. The third kappa shape index (κ3) is 4.10. The van der Waals surface area contributed by atoms with Crippen molar-refractivity contribution in [3.63, 3.8) is 0 Å². The van der Waals surface area contributed by atoms with Crippen LogP contribution in [0.3, 0.4) is 0 Å². The number of nitrogens with one attached hydrogen (secondary N) is 2. The number of anilines is 1. The molecule has 25 heavy (non-hydrogen) atoms. The van der Waals surface area contributed by atoms with Crippen LogP contribution in [0.15, 0.2) is 52.3 Å². The first-order chi connectivity index (χ1) is 12.0. The Labute approximate surface area is 153 Å². The number of hydrogen-bond donors (Lipinski definition) is 2. The molecular weight excluding hydrogens is 360 g/mol. The zero-order valence-electron chi connectivity index (χ0n) is 13.3. The number of rotatable bonds is 4. The summed E-state index contributed by atoms with van der Waals surface area (Å²) in [6.45, 7) is 1.90. The fourth-order valence-corrected chi connectivity index (χ4v) is 3.06. The van der Waals surface area contributed by atoms with E-state index in [0.29, 0.717) is 22.0 Å². The van der Waals surface area contributed by atoms with Crippen LogP contribution >= 0.6 is 22.9 Å². The summed E-state index contributed by atoms with van der Waals surface area (Å²) in [5.41, 5.74) is 1.21. The van der Waals surface area contributed by atoms with Crippen LogP contribution in [0.25, 0.3) is 10.6 Å². The molecule has 0 saturated heterocycles. The fraction of sp³-hybridized carbons (Fsp3) is 0.111. The van der Waals surface area contributed by atoms with Crippen LogP contribution in [0, 0.1) is 6.92 Å². The minimum atomic E-state index is -0.754. The normalized spacial score (nSPS) is 10.5. The molecule has 0 aliphatic carbocycles. The largest absolute Gasteiger partial charge is 0.458 e. The number of halogens is 1. The Hall–Kier alpha value is -2.57. The molecule has 2 amide bonds. The van der Waals surface area contributed by atoms with Crippen LogP contribution in [0.4, 0.5) is 5.69 Å². The molecule has 3 aromatic rings. The highest BCUT2D eigenvalue weighted by Crippen LogP contribution is 2.26. The number of carbonyl (C=O) groups excluding carboxylic acids is 2. The summed E-state index contributed by atoms with van der Waals surface area (Å²) >= 11 is 7.57. The maximum atomic E-state index is 12.0. The van der Waals surface area contributed by atoms with Crippen molar-refractivity contribution in [3.05, 3.63) is 64.2 Å². The van der Waals surface area contributed by atoms with Crippen molar-refractivity contribution >= 4 is 40.4 Å². The molecule has 3 rings (SSSR count). The first-order valence-corrected chi connectivity index (χ1v) is 8.77. The smallest absolute Gasteiger partial charge is 0.313 e. The molecule has 0 aliphatic rings. The van der Waals surface area contributed by atoms with Gasteiger partial charge in [0, 0.05) is 10.7 Å². The van der Waals surface area contributed by atoms with Gasteiger partial charge in [-0.2, -0.15) is 0 Å². The molecule has 0 atom stereocenters. The third-order valence-corrected chi connectivity index (χ3v) is 4.86. The Morgan fingerprint density at radius 1 is 1.12 bits per heavy atom. The average Bonchev–Trinajstić information content (AvgIpc) is 3.27. The van der Waals surface area contributed by atoms with Gasteiger partial charge < -0.3 is 15.1 Å². The van der Waals surface area contributed by atoms with Gasteiger partial charge in [-0.3, -0.25) is 9.59 Å². The zero-order chi connectivity index (χ0) is 17.8. The molecule has 0 bridgehead atoms. The number of amides is 2. The topological polar surface area (TPSA) is 71.3 Å². The molecule has 0 unspecified atom stereocenters. The van der Waals surface area contributed by atoms with E-state index in [1.54, 1.807) is 42.5 Å². The van der Waals surface area contributed by atoms with Gasteiger partial charge in [0.25, 0.3) is 0 Å². The van der Waals surface area contributed by atoms with Gasteiger partial charge in [-0.15, -0.1) is 11.3 Å². The number of thiophene rings is 1. The molecule has 0 radical (unpaired) electrons. The summed E-state index contributed by atoms with van der Waals surface area (Å²) < 4.78 is 5.66. The van der Waals surface area contributed by atoms with E-state index in [9.17, 15) is 9.59 Å². The van der Waals surface area contributed by atoms with Gasteiger partial charge in [0.05, 0.1) is 11.4 Å². The van der Waals surface area contributed by atoms with Crippen LogP contribution in [0.1, 0.15) is 11.3 Å². The van der Waals surface area contributed by atoms with E-state index in [4.69, 9.17) is 16.0 Å². The minimum Gasteiger partial charge on any atom is -0.458 e. The van der Waals surface area contributed by atoms with E-state index in [0.717, 1.165) is 10.6 Å². The monoisotopic (exact) mass is 374 g/mol. The van der Waals surface area contributed by atoms with Crippen LogP contribution < -0.4 is 10.6 Å². The van der Waals surface area contributed by atoms with Gasteiger partial charge >= 0.3 is 11.8 Å². The van der Waals surface area contributed by atoms with Crippen molar-refractivity contribution in [2.24, 2.45) is 0 Å². The molecule has 5 nitrogen and oxygen atoms in total. The van der Waals surface area contributed by atoms with E-state index < -0.39 is 11.8 Å². The summed E-state index contributed by atoms with van der Waals surface area (Å²) in [6, 6.07) is 12.6. The first-order valence-electron chi connectivity index (χ1n) is 7.51. The molecule has 1 aromatic carbocycles. The molecule has 0 fully saturated rings. The lowest BCUT2D eigenvalue weighted by atomic mass is 10.2. The fourth-order valence-electron chi connectivity index (χ4n) is 2.19. The van der Waals surface area contributed by atoms with E-state index in [1.165, 1.54) is 0 Å². The first kappa shape index (κ1) is 17.3. The van der Waals surface area contributed by atoms with E-state index >= 15 is 0 Å². The highest BCUT2D eigenvalue weighted by Gasteiger charge is 2.16. The van der Waals surface area contributed by atoms with Gasteiger partial charge in [0.15, 0.2) is 0 Å². The summed E-state index contributed by atoms with van der Waals surface area (Å²) in [6.07, 6.45) is 0.